The van der Waals surface area contributed by atoms with E-state index in [0.29, 0.717) is 5.69 Å². The van der Waals surface area contributed by atoms with Crippen LogP contribution >= 0.6 is 0 Å². The maximum Gasteiger partial charge on any atom is 0.280 e. The van der Waals surface area contributed by atoms with E-state index in [-0.39, 0.29) is 11.9 Å². The predicted molar refractivity (Wildman–Crippen MR) is 92.5 cm³/mol. The lowest BCUT2D eigenvalue weighted by atomic mass is 10.1. The Kier molecular flexibility index (Phi) is 3.41. The summed E-state index contributed by atoms with van der Waals surface area (Å²) in [4.78, 5) is 14.7. The van der Waals surface area contributed by atoms with Gasteiger partial charge < -0.3 is 4.90 Å². The van der Waals surface area contributed by atoms with Crippen molar-refractivity contribution in [1.82, 2.24) is 15.0 Å². The Balaban J connectivity index is 1.65. The number of rotatable bonds is 2. The summed E-state index contributed by atoms with van der Waals surface area (Å²) in [5.74, 6) is -0.106. The molecule has 0 saturated heterocycles. The first-order chi connectivity index (χ1) is 11.6. The minimum absolute atomic E-state index is 0.106. The van der Waals surface area contributed by atoms with E-state index in [9.17, 15) is 4.79 Å². The molecule has 4 rings (SSSR count). The Labute approximate surface area is 140 Å². The van der Waals surface area contributed by atoms with Gasteiger partial charge in [0.1, 0.15) is 0 Å². The standard InChI is InChI=1S/C19H18N4O/c1-13-7-9-16(10-8-13)22-12-17(20-21-22)19(24)23-14(2)11-15-5-3-4-6-18(15)23/h3-10,12,14H,11H2,1-2H3. The normalized spacial score (nSPS) is 16.2. The first-order valence-electron chi connectivity index (χ1n) is 8.04. The molecular weight excluding hydrogens is 300 g/mol. The van der Waals surface area contributed by atoms with Crippen LogP contribution in [0, 0.1) is 6.92 Å². The number of hydrogen-bond acceptors (Lipinski definition) is 3. The second-order valence-electron chi connectivity index (χ2n) is 6.24. The zero-order valence-electron chi connectivity index (χ0n) is 13.7. The molecule has 1 aliphatic rings. The molecule has 3 aromatic rings. The summed E-state index contributed by atoms with van der Waals surface area (Å²) in [6.45, 7) is 4.09. The van der Waals surface area contributed by atoms with Crippen molar-refractivity contribution in [2.45, 2.75) is 26.3 Å². The molecule has 0 saturated carbocycles. The third-order valence-electron chi connectivity index (χ3n) is 4.44. The molecule has 0 N–H and O–H groups in total. The fraction of sp³-hybridized carbons (Fsp3) is 0.211. The van der Waals surface area contributed by atoms with E-state index in [0.717, 1.165) is 17.8 Å². The van der Waals surface area contributed by atoms with Gasteiger partial charge in [-0.1, -0.05) is 41.1 Å². The van der Waals surface area contributed by atoms with Crippen molar-refractivity contribution in [3.63, 3.8) is 0 Å². The number of carbonyl (C=O) groups is 1. The Hall–Kier alpha value is -2.95. The van der Waals surface area contributed by atoms with Crippen molar-refractivity contribution in [1.29, 1.82) is 0 Å². The van der Waals surface area contributed by atoms with Crippen LogP contribution in [-0.2, 0) is 6.42 Å². The highest BCUT2D eigenvalue weighted by Gasteiger charge is 2.32. The van der Waals surface area contributed by atoms with Gasteiger partial charge in [-0.25, -0.2) is 4.68 Å². The Morgan fingerprint density at radius 1 is 1.12 bits per heavy atom. The number of anilines is 1. The van der Waals surface area contributed by atoms with E-state index in [1.165, 1.54) is 11.1 Å². The summed E-state index contributed by atoms with van der Waals surface area (Å²) in [5.41, 5.74) is 4.60. The largest absolute Gasteiger partial charge is 0.304 e. The highest BCUT2D eigenvalue weighted by molar-refractivity contribution is 6.06. The fourth-order valence-corrected chi connectivity index (χ4v) is 3.18. The Bertz CT molecular complexity index is 898. The number of benzene rings is 2. The van der Waals surface area contributed by atoms with Crippen molar-refractivity contribution >= 4 is 11.6 Å². The van der Waals surface area contributed by atoms with Crippen molar-refractivity contribution in [3.8, 4) is 5.69 Å². The van der Waals surface area contributed by atoms with Crippen molar-refractivity contribution in [2.75, 3.05) is 4.90 Å². The first-order valence-corrected chi connectivity index (χ1v) is 8.04. The topological polar surface area (TPSA) is 51.0 Å². The lowest BCUT2D eigenvalue weighted by Crippen LogP contribution is -2.35. The van der Waals surface area contributed by atoms with E-state index in [4.69, 9.17) is 0 Å². The van der Waals surface area contributed by atoms with E-state index < -0.39 is 0 Å². The number of para-hydroxylation sites is 1. The van der Waals surface area contributed by atoms with Crippen LogP contribution < -0.4 is 4.90 Å². The number of aryl methyl sites for hydroxylation is 1. The quantitative estimate of drug-likeness (QED) is 0.729. The highest BCUT2D eigenvalue weighted by Crippen LogP contribution is 2.32. The summed E-state index contributed by atoms with van der Waals surface area (Å²) in [6.07, 6.45) is 2.56. The molecule has 2 heterocycles. The van der Waals surface area contributed by atoms with Crippen molar-refractivity contribution in [3.05, 3.63) is 71.5 Å². The van der Waals surface area contributed by atoms with Crippen LogP contribution in [0.25, 0.3) is 5.69 Å². The molecule has 24 heavy (non-hydrogen) atoms. The molecule has 1 aromatic heterocycles. The Morgan fingerprint density at radius 2 is 1.88 bits per heavy atom. The fourth-order valence-electron chi connectivity index (χ4n) is 3.18. The minimum atomic E-state index is -0.106. The van der Waals surface area contributed by atoms with E-state index in [1.54, 1.807) is 10.9 Å². The lowest BCUT2D eigenvalue weighted by Gasteiger charge is -2.21. The van der Waals surface area contributed by atoms with Crippen molar-refractivity contribution in [2.24, 2.45) is 0 Å². The van der Waals surface area contributed by atoms with Crippen LogP contribution in [0.2, 0.25) is 0 Å². The maximum absolute atomic E-state index is 12.9. The van der Waals surface area contributed by atoms with Gasteiger partial charge in [-0.3, -0.25) is 4.79 Å². The van der Waals surface area contributed by atoms with Gasteiger partial charge in [0.25, 0.3) is 5.91 Å². The molecule has 1 aliphatic heterocycles. The van der Waals surface area contributed by atoms with Gasteiger partial charge in [0, 0.05) is 11.7 Å². The van der Waals surface area contributed by atoms with Gasteiger partial charge in [-0.05, 0) is 44.0 Å². The monoisotopic (exact) mass is 318 g/mol. The van der Waals surface area contributed by atoms with Gasteiger partial charge in [0.15, 0.2) is 5.69 Å². The van der Waals surface area contributed by atoms with Crippen LogP contribution in [0.1, 0.15) is 28.5 Å². The smallest absolute Gasteiger partial charge is 0.280 e. The van der Waals surface area contributed by atoms with Crippen LogP contribution in [0.15, 0.2) is 54.7 Å². The summed E-state index contributed by atoms with van der Waals surface area (Å²) in [6, 6.07) is 16.1. The SMILES string of the molecule is Cc1ccc(-n2cc(C(=O)N3c4ccccc4CC3C)nn2)cc1. The summed E-state index contributed by atoms with van der Waals surface area (Å²) >= 11 is 0. The molecular formula is C19H18N4O. The molecule has 1 atom stereocenters. The summed E-state index contributed by atoms with van der Waals surface area (Å²) in [5, 5.41) is 8.20. The molecule has 1 unspecified atom stereocenters. The number of aromatic nitrogens is 3. The molecule has 5 heteroatoms. The summed E-state index contributed by atoms with van der Waals surface area (Å²) < 4.78 is 1.64. The maximum atomic E-state index is 12.9. The average molecular weight is 318 g/mol. The zero-order chi connectivity index (χ0) is 16.7. The average Bonchev–Trinajstić information content (AvgIpc) is 3.19. The van der Waals surface area contributed by atoms with Gasteiger partial charge in [-0.15, -0.1) is 5.10 Å². The molecule has 0 radical (unpaired) electrons. The molecule has 1 amide bonds. The minimum Gasteiger partial charge on any atom is -0.304 e. The molecule has 5 nitrogen and oxygen atoms in total. The van der Waals surface area contributed by atoms with Gasteiger partial charge >= 0.3 is 0 Å². The van der Waals surface area contributed by atoms with Crippen LogP contribution in [-0.4, -0.2) is 26.9 Å². The van der Waals surface area contributed by atoms with E-state index in [2.05, 4.69) is 23.3 Å². The third-order valence-corrected chi connectivity index (χ3v) is 4.44. The van der Waals surface area contributed by atoms with Crippen molar-refractivity contribution < 1.29 is 4.79 Å². The van der Waals surface area contributed by atoms with E-state index in [1.807, 2.05) is 54.3 Å². The number of hydrogen-bond donors (Lipinski definition) is 0. The van der Waals surface area contributed by atoms with Crippen LogP contribution in [0.5, 0.6) is 0 Å². The molecule has 0 aliphatic carbocycles. The van der Waals surface area contributed by atoms with Gasteiger partial charge in [0.2, 0.25) is 0 Å². The molecule has 2 aromatic carbocycles. The third kappa shape index (κ3) is 2.38. The lowest BCUT2D eigenvalue weighted by molar-refractivity contribution is 0.0976. The Morgan fingerprint density at radius 3 is 2.67 bits per heavy atom. The molecule has 0 bridgehead atoms. The number of amides is 1. The van der Waals surface area contributed by atoms with Gasteiger partial charge in [0.05, 0.1) is 11.9 Å². The first kappa shape index (κ1) is 14.6. The summed E-state index contributed by atoms with van der Waals surface area (Å²) in [7, 11) is 0. The second kappa shape index (κ2) is 5.60. The molecule has 0 spiro atoms. The van der Waals surface area contributed by atoms with Crippen LogP contribution in [0.3, 0.4) is 0 Å². The molecule has 120 valence electrons. The van der Waals surface area contributed by atoms with Crippen LogP contribution in [0.4, 0.5) is 5.69 Å². The second-order valence-corrected chi connectivity index (χ2v) is 6.24. The number of nitrogens with zero attached hydrogens (tertiary/aromatic N) is 4. The van der Waals surface area contributed by atoms with Gasteiger partial charge in [-0.2, -0.15) is 0 Å². The van der Waals surface area contributed by atoms with E-state index >= 15 is 0 Å². The number of carbonyl (C=O) groups excluding carboxylic acids is 1. The zero-order valence-corrected chi connectivity index (χ0v) is 13.7. The molecule has 0 fully saturated rings. The number of fused-ring (bicyclic) bond motifs is 1. The highest BCUT2D eigenvalue weighted by atomic mass is 16.2. The predicted octanol–water partition coefficient (Wildman–Crippen LogP) is 3.17.